The van der Waals surface area contributed by atoms with Crippen LogP contribution >= 0.6 is 11.3 Å². The zero-order valence-electron chi connectivity index (χ0n) is 18.3. The molecule has 0 bridgehead atoms. The number of amides is 1. The summed E-state index contributed by atoms with van der Waals surface area (Å²) in [6.07, 6.45) is 2.50. The number of hydrogen-bond donors (Lipinski definition) is 2. The number of hydrogen-bond acceptors (Lipinski definition) is 4. The van der Waals surface area contributed by atoms with Gasteiger partial charge in [-0.25, -0.2) is 0 Å². The molecule has 0 radical (unpaired) electrons. The fourth-order valence-corrected chi connectivity index (χ4v) is 4.34. The number of nitrogens with two attached hydrogens (primary N) is 1. The third-order valence-corrected chi connectivity index (χ3v) is 6.47. The maximum absolute atomic E-state index is 12.7. The topological polar surface area (TPSA) is 72.2 Å². The largest absolute Gasteiger partial charge is 0.397 e. The Hall–Kier alpha value is -3.70. The van der Waals surface area contributed by atoms with Gasteiger partial charge in [0.2, 0.25) is 0 Å². The number of Topliss-reactive ketones (excluding diaryl/α,β-unsaturated/α-hetero) is 1. The molecule has 0 saturated heterocycles. The summed E-state index contributed by atoms with van der Waals surface area (Å²) in [7, 11) is 0. The van der Waals surface area contributed by atoms with Gasteiger partial charge in [0.1, 0.15) is 5.78 Å². The second-order valence-corrected chi connectivity index (χ2v) is 8.90. The van der Waals surface area contributed by atoms with Gasteiger partial charge in [-0.1, -0.05) is 54.6 Å². The van der Waals surface area contributed by atoms with E-state index in [1.807, 2.05) is 78.2 Å². The molecule has 0 aliphatic heterocycles. The number of benzene rings is 3. The highest BCUT2D eigenvalue weighted by atomic mass is 32.1. The van der Waals surface area contributed by atoms with Gasteiger partial charge in [-0.3, -0.25) is 9.59 Å². The molecular weight excluding hydrogens is 428 g/mol. The number of nitrogen functional groups attached to an aromatic ring is 1. The molecule has 1 aromatic heterocycles. The van der Waals surface area contributed by atoms with Crippen LogP contribution in [0.15, 0.2) is 90.3 Å². The highest BCUT2D eigenvalue weighted by Crippen LogP contribution is 2.30. The number of nitrogens with one attached hydrogen (secondary N) is 1. The predicted octanol–water partition coefficient (Wildman–Crippen LogP) is 6.38. The summed E-state index contributed by atoms with van der Waals surface area (Å²) in [5.74, 6) is 0.0392. The Balaban J connectivity index is 1.31. The minimum Gasteiger partial charge on any atom is -0.397 e. The van der Waals surface area contributed by atoms with Crippen LogP contribution in [0.1, 0.15) is 34.3 Å². The molecule has 0 aliphatic rings. The standard InChI is InChI=1S/C28H26N2O2S/c29-25-17-14-23(27-7-4-18-33-27)19-26(25)30-28(32)22-12-8-21(9-13-22)11-16-24(31)15-10-20-5-2-1-3-6-20/h1-9,12-14,17-19H,10-11,15-16,29H2,(H,30,32). The first-order valence-electron chi connectivity index (χ1n) is 11.0. The lowest BCUT2D eigenvalue weighted by Crippen LogP contribution is -2.13. The summed E-state index contributed by atoms with van der Waals surface area (Å²) in [5.41, 5.74) is 11.0. The fraction of sp³-hybridized carbons (Fsp3) is 0.143. The maximum atomic E-state index is 12.7. The first-order valence-corrected chi connectivity index (χ1v) is 11.9. The molecule has 0 saturated carbocycles. The van der Waals surface area contributed by atoms with Crippen LogP contribution in [0.25, 0.3) is 10.4 Å². The Morgan fingerprint density at radius 3 is 2.15 bits per heavy atom. The van der Waals surface area contributed by atoms with Gasteiger partial charge in [-0.2, -0.15) is 0 Å². The van der Waals surface area contributed by atoms with Crippen molar-refractivity contribution in [3.8, 4) is 10.4 Å². The van der Waals surface area contributed by atoms with Crippen LogP contribution in [-0.4, -0.2) is 11.7 Å². The minimum atomic E-state index is -0.212. The Kier molecular flexibility index (Phi) is 7.33. The summed E-state index contributed by atoms with van der Waals surface area (Å²) in [6, 6.07) is 27.1. The zero-order chi connectivity index (χ0) is 23.0. The molecular formula is C28H26N2O2S. The van der Waals surface area contributed by atoms with E-state index in [1.54, 1.807) is 23.5 Å². The molecule has 4 nitrogen and oxygen atoms in total. The molecule has 1 amide bonds. The van der Waals surface area contributed by atoms with Gasteiger partial charge < -0.3 is 11.1 Å². The smallest absolute Gasteiger partial charge is 0.255 e. The lowest BCUT2D eigenvalue weighted by molar-refractivity contribution is -0.119. The van der Waals surface area contributed by atoms with Gasteiger partial charge in [0, 0.05) is 23.3 Å². The van der Waals surface area contributed by atoms with E-state index in [4.69, 9.17) is 5.73 Å². The van der Waals surface area contributed by atoms with E-state index in [1.165, 1.54) is 5.56 Å². The van der Waals surface area contributed by atoms with Crippen LogP contribution in [0, 0.1) is 0 Å². The van der Waals surface area contributed by atoms with Crippen molar-refractivity contribution in [3.05, 3.63) is 107 Å². The van der Waals surface area contributed by atoms with Crippen molar-refractivity contribution in [1.29, 1.82) is 0 Å². The van der Waals surface area contributed by atoms with Crippen molar-refractivity contribution in [2.75, 3.05) is 11.1 Å². The van der Waals surface area contributed by atoms with E-state index in [-0.39, 0.29) is 11.7 Å². The molecule has 0 unspecified atom stereocenters. The number of ketones is 1. The van der Waals surface area contributed by atoms with Crippen LogP contribution in [-0.2, 0) is 17.6 Å². The van der Waals surface area contributed by atoms with Gasteiger partial charge in [-0.05, 0) is 65.2 Å². The first kappa shape index (κ1) is 22.5. The third kappa shape index (κ3) is 6.18. The maximum Gasteiger partial charge on any atom is 0.255 e. The monoisotopic (exact) mass is 454 g/mol. The van der Waals surface area contributed by atoms with E-state index in [0.29, 0.717) is 36.2 Å². The van der Waals surface area contributed by atoms with Crippen molar-refractivity contribution in [3.63, 3.8) is 0 Å². The first-order chi connectivity index (χ1) is 16.1. The highest BCUT2D eigenvalue weighted by molar-refractivity contribution is 7.13. The van der Waals surface area contributed by atoms with E-state index >= 15 is 0 Å². The van der Waals surface area contributed by atoms with Gasteiger partial charge in [0.15, 0.2) is 0 Å². The number of thiophene rings is 1. The Labute approximate surface area is 198 Å². The lowest BCUT2D eigenvalue weighted by Gasteiger charge is -2.10. The summed E-state index contributed by atoms with van der Waals surface area (Å²) in [5, 5.41) is 4.93. The Bertz CT molecular complexity index is 1220. The molecule has 33 heavy (non-hydrogen) atoms. The number of anilines is 2. The lowest BCUT2D eigenvalue weighted by atomic mass is 10.0. The van der Waals surface area contributed by atoms with Crippen molar-refractivity contribution >= 4 is 34.4 Å². The van der Waals surface area contributed by atoms with Crippen LogP contribution in [0.5, 0.6) is 0 Å². The molecule has 4 aromatic rings. The average Bonchev–Trinajstić information content (AvgIpc) is 3.39. The molecule has 166 valence electrons. The molecule has 5 heteroatoms. The summed E-state index contributed by atoms with van der Waals surface area (Å²) in [4.78, 5) is 26.1. The summed E-state index contributed by atoms with van der Waals surface area (Å²) in [6.45, 7) is 0. The molecule has 0 spiro atoms. The predicted molar refractivity (Wildman–Crippen MR) is 137 cm³/mol. The fourth-order valence-electron chi connectivity index (χ4n) is 3.62. The van der Waals surface area contributed by atoms with Gasteiger partial charge >= 0.3 is 0 Å². The van der Waals surface area contributed by atoms with Gasteiger partial charge in [0.25, 0.3) is 5.91 Å². The number of carbonyl (C=O) groups excluding carboxylic acids is 2. The van der Waals surface area contributed by atoms with Gasteiger partial charge in [0.05, 0.1) is 11.4 Å². The van der Waals surface area contributed by atoms with E-state index < -0.39 is 0 Å². The second kappa shape index (κ2) is 10.7. The zero-order valence-corrected chi connectivity index (χ0v) is 19.1. The highest BCUT2D eigenvalue weighted by Gasteiger charge is 2.11. The molecule has 3 N–H and O–H groups in total. The van der Waals surface area contributed by atoms with Crippen molar-refractivity contribution in [2.24, 2.45) is 0 Å². The summed E-state index contributed by atoms with van der Waals surface area (Å²) >= 11 is 1.64. The van der Waals surface area contributed by atoms with Gasteiger partial charge in [-0.15, -0.1) is 11.3 Å². The summed E-state index contributed by atoms with van der Waals surface area (Å²) < 4.78 is 0. The molecule has 4 rings (SSSR count). The second-order valence-electron chi connectivity index (χ2n) is 7.95. The third-order valence-electron chi connectivity index (χ3n) is 5.55. The Morgan fingerprint density at radius 1 is 0.788 bits per heavy atom. The minimum absolute atomic E-state index is 0.212. The van der Waals surface area contributed by atoms with E-state index in [9.17, 15) is 9.59 Å². The average molecular weight is 455 g/mol. The van der Waals surface area contributed by atoms with Crippen LogP contribution in [0.4, 0.5) is 11.4 Å². The van der Waals surface area contributed by atoms with E-state index in [2.05, 4.69) is 5.32 Å². The van der Waals surface area contributed by atoms with Crippen molar-refractivity contribution in [1.82, 2.24) is 0 Å². The molecule has 0 fully saturated rings. The molecule has 1 heterocycles. The van der Waals surface area contributed by atoms with E-state index in [0.717, 1.165) is 22.4 Å². The number of rotatable bonds is 9. The number of carbonyl (C=O) groups is 2. The quantitative estimate of drug-likeness (QED) is 0.288. The van der Waals surface area contributed by atoms with Crippen LogP contribution in [0.3, 0.4) is 0 Å². The molecule has 3 aromatic carbocycles. The van der Waals surface area contributed by atoms with Crippen molar-refractivity contribution < 1.29 is 9.59 Å². The van der Waals surface area contributed by atoms with Crippen LogP contribution in [0.2, 0.25) is 0 Å². The SMILES string of the molecule is Nc1ccc(-c2cccs2)cc1NC(=O)c1ccc(CCC(=O)CCc2ccccc2)cc1. The molecule has 0 atom stereocenters. The Morgan fingerprint density at radius 2 is 1.48 bits per heavy atom. The van der Waals surface area contributed by atoms with Crippen molar-refractivity contribution in [2.45, 2.75) is 25.7 Å². The molecule has 0 aliphatic carbocycles. The normalized spacial score (nSPS) is 10.7. The van der Waals surface area contributed by atoms with Crippen LogP contribution < -0.4 is 11.1 Å². The number of aryl methyl sites for hydroxylation is 2.